The van der Waals surface area contributed by atoms with Gasteiger partial charge in [0.2, 0.25) is 5.12 Å². The highest BCUT2D eigenvalue weighted by molar-refractivity contribution is 8.27. The van der Waals surface area contributed by atoms with Crippen molar-refractivity contribution in [3.8, 4) is 0 Å². The number of nitrogens with zero attached hydrogens (tertiary/aromatic N) is 1. The number of carbonyl (C=O) groups excluding carboxylic acids is 2. The second-order valence-electron chi connectivity index (χ2n) is 4.87. The zero-order valence-electron chi connectivity index (χ0n) is 11.4. The zero-order valence-corrected chi connectivity index (χ0v) is 12.2. The SMILES string of the molecule is CC1(C)N=C(CNC(=O)OCc2ccccc2)SC1=O. The molecule has 0 aromatic heterocycles. The van der Waals surface area contributed by atoms with E-state index < -0.39 is 11.6 Å². The third-order valence-electron chi connectivity index (χ3n) is 2.71. The third kappa shape index (κ3) is 3.84. The van der Waals surface area contributed by atoms with Crippen molar-refractivity contribution in [2.24, 2.45) is 4.99 Å². The van der Waals surface area contributed by atoms with Crippen LogP contribution in [0.4, 0.5) is 4.79 Å². The first-order valence-electron chi connectivity index (χ1n) is 6.23. The van der Waals surface area contributed by atoms with Crippen molar-refractivity contribution < 1.29 is 14.3 Å². The molecule has 1 heterocycles. The summed E-state index contributed by atoms with van der Waals surface area (Å²) in [5.41, 5.74) is 0.224. The Bertz CT molecular complexity index is 541. The van der Waals surface area contributed by atoms with Crippen molar-refractivity contribution >= 4 is 28.0 Å². The summed E-state index contributed by atoms with van der Waals surface area (Å²) in [5.74, 6) is 0. The number of thioether (sulfide) groups is 1. The molecule has 20 heavy (non-hydrogen) atoms. The van der Waals surface area contributed by atoms with Crippen LogP contribution >= 0.6 is 11.8 Å². The molecule has 2 rings (SSSR count). The van der Waals surface area contributed by atoms with Crippen LogP contribution in [0.1, 0.15) is 19.4 Å². The number of hydrogen-bond donors (Lipinski definition) is 1. The third-order valence-corrected chi connectivity index (χ3v) is 3.87. The summed E-state index contributed by atoms with van der Waals surface area (Å²) in [6, 6.07) is 9.43. The number of benzene rings is 1. The summed E-state index contributed by atoms with van der Waals surface area (Å²) in [5, 5.41) is 3.19. The van der Waals surface area contributed by atoms with Gasteiger partial charge in [-0.25, -0.2) is 4.79 Å². The number of hydrogen-bond acceptors (Lipinski definition) is 5. The summed E-state index contributed by atoms with van der Waals surface area (Å²) in [6.07, 6.45) is -0.519. The molecule has 0 radical (unpaired) electrons. The molecule has 1 aliphatic heterocycles. The standard InChI is InChI=1S/C14H16N2O3S/c1-14(2)12(17)20-11(16-14)8-15-13(18)19-9-10-6-4-3-5-7-10/h3-7H,8-9H2,1-2H3,(H,15,18). The molecule has 6 heteroatoms. The van der Waals surface area contributed by atoms with Crippen molar-refractivity contribution in [3.05, 3.63) is 35.9 Å². The van der Waals surface area contributed by atoms with Crippen LogP contribution in [0.5, 0.6) is 0 Å². The Labute approximate surface area is 121 Å². The lowest BCUT2D eigenvalue weighted by molar-refractivity contribution is -0.114. The number of carbonyl (C=O) groups is 2. The van der Waals surface area contributed by atoms with Crippen LogP contribution in [0.25, 0.3) is 0 Å². The number of ether oxygens (including phenoxy) is 1. The molecular formula is C14H16N2O3S. The maximum atomic E-state index is 11.6. The van der Waals surface area contributed by atoms with Crippen LogP contribution in [0.15, 0.2) is 35.3 Å². The number of amides is 1. The molecule has 1 N–H and O–H groups in total. The molecule has 1 amide bonds. The smallest absolute Gasteiger partial charge is 0.407 e. The second kappa shape index (κ2) is 6.09. The molecule has 0 aliphatic carbocycles. The van der Waals surface area contributed by atoms with E-state index in [9.17, 15) is 9.59 Å². The van der Waals surface area contributed by atoms with Crippen LogP contribution in [0, 0.1) is 0 Å². The average Bonchev–Trinajstić information content (AvgIpc) is 2.69. The van der Waals surface area contributed by atoms with Gasteiger partial charge in [0, 0.05) is 0 Å². The Hall–Kier alpha value is -1.82. The lowest BCUT2D eigenvalue weighted by Crippen LogP contribution is -2.28. The van der Waals surface area contributed by atoms with Gasteiger partial charge in [0.15, 0.2) is 0 Å². The highest BCUT2D eigenvalue weighted by Gasteiger charge is 2.35. The first-order chi connectivity index (χ1) is 9.47. The van der Waals surface area contributed by atoms with E-state index in [2.05, 4.69) is 10.3 Å². The molecule has 0 atom stereocenters. The molecule has 0 spiro atoms. The van der Waals surface area contributed by atoms with Gasteiger partial charge in [0.1, 0.15) is 12.1 Å². The van der Waals surface area contributed by atoms with Crippen molar-refractivity contribution in [2.45, 2.75) is 26.0 Å². The topological polar surface area (TPSA) is 67.8 Å². The van der Waals surface area contributed by atoms with Gasteiger partial charge in [-0.05, 0) is 31.2 Å². The molecule has 5 nitrogen and oxygen atoms in total. The van der Waals surface area contributed by atoms with Gasteiger partial charge in [0.05, 0.1) is 11.6 Å². The van der Waals surface area contributed by atoms with Crippen molar-refractivity contribution in [2.75, 3.05) is 6.54 Å². The number of aliphatic imine (C=N–C) groups is 1. The Morgan fingerprint density at radius 1 is 1.35 bits per heavy atom. The summed E-state index contributed by atoms with van der Waals surface area (Å²) in [7, 11) is 0. The van der Waals surface area contributed by atoms with Crippen molar-refractivity contribution in [1.82, 2.24) is 5.32 Å². The van der Waals surface area contributed by atoms with Gasteiger partial charge in [-0.15, -0.1) is 0 Å². The zero-order chi connectivity index (χ0) is 14.6. The molecule has 1 aromatic rings. The summed E-state index contributed by atoms with van der Waals surface area (Å²) in [6.45, 7) is 3.94. The first-order valence-corrected chi connectivity index (χ1v) is 7.04. The first kappa shape index (κ1) is 14.6. The molecule has 106 valence electrons. The van der Waals surface area contributed by atoms with E-state index in [0.29, 0.717) is 5.04 Å². The molecule has 0 bridgehead atoms. The van der Waals surface area contributed by atoms with Gasteiger partial charge in [-0.3, -0.25) is 9.79 Å². The highest BCUT2D eigenvalue weighted by Crippen LogP contribution is 2.28. The lowest BCUT2D eigenvalue weighted by atomic mass is 10.1. The molecule has 0 fully saturated rings. The fourth-order valence-electron chi connectivity index (χ4n) is 1.61. The fourth-order valence-corrected chi connectivity index (χ4v) is 2.54. The van der Waals surface area contributed by atoms with Crippen LogP contribution in [-0.2, 0) is 16.1 Å². The largest absolute Gasteiger partial charge is 0.445 e. The van der Waals surface area contributed by atoms with E-state index in [0.717, 1.165) is 17.3 Å². The Morgan fingerprint density at radius 2 is 2.05 bits per heavy atom. The predicted octanol–water partition coefficient (Wildman–Crippen LogP) is 2.36. The summed E-state index contributed by atoms with van der Waals surface area (Å²) >= 11 is 1.07. The molecule has 1 aliphatic rings. The minimum absolute atomic E-state index is 0.00745. The van der Waals surface area contributed by atoms with Crippen LogP contribution < -0.4 is 5.32 Å². The van der Waals surface area contributed by atoms with Gasteiger partial charge in [-0.2, -0.15) is 0 Å². The van der Waals surface area contributed by atoms with E-state index in [1.54, 1.807) is 13.8 Å². The maximum absolute atomic E-state index is 11.6. The summed E-state index contributed by atoms with van der Waals surface area (Å²) < 4.78 is 5.07. The van der Waals surface area contributed by atoms with E-state index >= 15 is 0 Å². The van der Waals surface area contributed by atoms with E-state index in [1.807, 2.05) is 30.3 Å². The monoisotopic (exact) mass is 292 g/mol. The quantitative estimate of drug-likeness (QED) is 0.925. The maximum Gasteiger partial charge on any atom is 0.407 e. The molecular weight excluding hydrogens is 276 g/mol. The van der Waals surface area contributed by atoms with E-state index in [4.69, 9.17) is 4.74 Å². The number of rotatable bonds is 4. The number of alkyl carbamates (subject to hydrolysis) is 1. The summed E-state index contributed by atoms with van der Waals surface area (Å²) in [4.78, 5) is 27.4. The van der Waals surface area contributed by atoms with Gasteiger partial charge < -0.3 is 10.1 Å². The molecule has 1 aromatic carbocycles. The Balaban J connectivity index is 1.75. The van der Waals surface area contributed by atoms with Crippen LogP contribution in [-0.4, -0.2) is 28.3 Å². The van der Waals surface area contributed by atoms with Crippen molar-refractivity contribution in [1.29, 1.82) is 0 Å². The van der Waals surface area contributed by atoms with Crippen molar-refractivity contribution in [3.63, 3.8) is 0 Å². The van der Waals surface area contributed by atoms with Gasteiger partial charge in [-0.1, -0.05) is 30.3 Å². The second-order valence-corrected chi connectivity index (χ2v) is 5.92. The molecule has 0 unspecified atom stereocenters. The van der Waals surface area contributed by atoms with Gasteiger partial charge in [0.25, 0.3) is 0 Å². The van der Waals surface area contributed by atoms with Crippen LogP contribution in [0.3, 0.4) is 0 Å². The van der Waals surface area contributed by atoms with E-state index in [1.165, 1.54) is 0 Å². The minimum Gasteiger partial charge on any atom is -0.445 e. The Morgan fingerprint density at radius 3 is 2.65 bits per heavy atom. The molecule has 0 saturated carbocycles. The lowest BCUT2D eigenvalue weighted by Gasteiger charge is -2.08. The minimum atomic E-state index is -0.699. The average molecular weight is 292 g/mol. The van der Waals surface area contributed by atoms with Gasteiger partial charge >= 0.3 is 6.09 Å². The van der Waals surface area contributed by atoms with Crippen LogP contribution in [0.2, 0.25) is 0 Å². The van der Waals surface area contributed by atoms with E-state index in [-0.39, 0.29) is 18.3 Å². The Kier molecular flexibility index (Phi) is 4.44. The fraction of sp³-hybridized carbons (Fsp3) is 0.357. The normalized spacial score (nSPS) is 16.7. The predicted molar refractivity (Wildman–Crippen MR) is 78.7 cm³/mol. The highest BCUT2D eigenvalue weighted by atomic mass is 32.2. The molecule has 0 saturated heterocycles. The number of nitrogens with one attached hydrogen (secondary N) is 1.